The maximum absolute atomic E-state index is 12.3. The van der Waals surface area contributed by atoms with Crippen LogP contribution in [0.1, 0.15) is 31.0 Å². The predicted molar refractivity (Wildman–Crippen MR) is 95.4 cm³/mol. The summed E-state index contributed by atoms with van der Waals surface area (Å²) in [6, 6.07) is 16.4. The second-order valence-corrected chi connectivity index (χ2v) is 5.96. The fourth-order valence-corrected chi connectivity index (χ4v) is 2.49. The smallest absolute Gasteiger partial charge is 0.258 e. The Morgan fingerprint density at radius 2 is 1.84 bits per heavy atom. The number of methoxy groups -OCH3 is 1. The molecule has 5 heteroatoms. The van der Waals surface area contributed by atoms with Crippen LogP contribution in [0.4, 0.5) is 0 Å². The van der Waals surface area contributed by atoms with Gasteiger partial charge in [-0.15, -0.1) is 0 Å². The Morgan fingerprint density at radius 3 is 2.44 bits per heavy atom. The van der Waals surface area contributed by atoms with Crippen molar-refractivity contribution >= 4 is 5.91 Å². The quantitative estimate of drug-likeness (QED) is 0.839. The summed E-state index contributed by atoms with van der Waals surface area (Å²) in [5.41, 5.74) is 1.41. The van der Waals surface area contributed by atoms with Crippen molar-refractivity contribution < 1.29 is 14.3 Å². The number of nitriles is 1. The van der Waals surface area contributed by atoms with E-state index in [0.29, 0.717) is 11.3 Å². The molecular formula is C20H22N2O3. The van der Waals surface area contributed by atoms with Crippen LogP contribution in [0.15, 0.2) is 48.5 Å². The first-order chi connectivity index (χ1) is 12.0. The molecule has 1 N–H and O–H groups in total. The largest absolute Gasteiger partial charge is 0.497 e. The molecule has 0 fully saturated rings. The van der Waals surface area contributed by atoms with Crippen LogP contribution >= 0.6 is 0 Å². The second-order valence-electron chi connectivity index (χ2n) is 5.96. The molecule has 2 aromatic carbocycles. The van der Waals surface area contributed by atoms with Crippen LogP contribution in [0.25, 0.3) is 0 Å². The zero-order valence-electron chi connectivity index (χ0n) is 14.7. The number of carbonyl (C=O) groups excluding carboxylic acids is 1. The van der Waals surface area contributed by atoms with Gasteiger partial charge in [0.2, 0.25) is 0 Å². The van der Waals surface area contributed by atoms with Gasteiger partial charge in [0.05, 0.1) is 18.7 Å². The van der Waals surface area contributed by atoms with E-state index >= 15 is 0 Å². The van der Waals surface area contributed by atoms with Crippen molar-refractivity contribution in [2.24, 2.45) is 5.92 Å². The number of hydrogen-bond acceptors (Lipinski definition) is 4. The minimum Gasteiger partial charge on any atom is -0.497 e. The molecule has 0 bridgehead atoms. The van der Waals surface area contributed by atoms with E-state index in [1.54, 1.807) is 31.4 Å². The van der Waals surface area contributed by atoms with Gasteiger partial charge in [-0.25, -0.2) is 0 Å². The molecule has 0 aliphatic rings. The summed E-state index contributed by atoms with van der Waals surface area (Å²) in [6.07, 6.45) is 0. The lowest BCUT2D eigenvalue weighted by atomic mass is 9.96. The summed E-state index contributed by atoms with van der Waals surface area (Å²) < 4.78 is 10.7. The first-order valence-electron chi connectivity index (χ1n) is 8.10. The number of ether oxygens (including phenoxy) is 2. The van der Waals surface area contributed by atoms with Crippen molar-refractivity contribution in [2.75, 3.05) is 13.7 Å². The number of carbonyl (C=O) groups is 1. The summed E-state index contributed by atoms with van der Waals surface area (Å²) in [5.74, 6) is 1.16. The third-order valence-electron chi connectivity index (χ3n) is 3.82. The molecule has 130 valence electrons. The molecule has 0 aliphatic heterocycles. The molecule has 2 aromatic rings. The van der Waals surface area contributed by atoms with Crippen molar-refractivity contribution in [3.8, 4) is 17.6 Å². The normalized spacial score (nSPS) is 11.5. The standard InChI is InChI=1S/C20H22N2O3/c1-14(2)20(15-8-10-17(24-3)11-9-15)22-19(23)13-25-18-7-5-4-6-16(18)12-21/h4-11,14,20H,13H2,1-3H3,(H,22,23). The van der Waals surface area contributed by atoms with Crippen LogP contribution in [-0.4, -0.2) is 19.6 Å². The minimum absolute atomic E-state index is 0.131. The van der Waals surface area contributed by atoms with E-state index in [0.717, 1.165) is 11.3 Å². The lowest BCUT2D eigenvalue weighted by Crippen LogP contribution is -2.35. The summed E-state index contributed by atoms with van der Waals surface area (Å²) in [4.78, 5) is 12.3. The molecule has 25 heavy (non-hydrogen) atoms. The molecule has 0 radical (unpaired) electrons. The minimum atomic E-state index is -0.234. The highest BCUT2D eigenvalue weighted by atomic mass is 16.5. The van der Waals surface area contributed by atoms with Crippen molar-refractivity contribution in [3.63, 3.8) is 0 Å². The van der Waals surface area contributed by atoms with Crippen molar-refractivity contribution in [3.05, 3.63) is 59.7 Å². The van der Waals surface area contributed by atoms with Gasteiger partial charge in [-0.1, -0.05) is 38.1 Å². The van der Waals surface area contributed by atoms with Crippen molar-refractivity contribution in [1.29, 1.82) is 5.26 Å². The highest BCUT2D eigenvalue weighted by Gasteiger charge is 2.19. The fraction of sp³-hybridized carbons (Fsp3) is 0.300. The van der Waals surface area contributed by atoms with Crippen molar-refractivity contribution in [2.45, 2.75) is 19.9 Å². The number of nitrogens with one attached hydrogen (secondary N) is 1. The number of nitrogens with zero attached hydrogens (tertiary/aromatic N) is 1. The van der Waals surface area contributed by atoms with E-state index in [9.17, 15) is 4.79 Å². The van der Waals surface area contributed by atoms with E-state index in [1.165, 1.54) is 0 Å². The second kappa shape index (κ2) is 8.74. The maximum Gasteiger partial charge on any atom is 0.258 e. The number of benzene rings is 2. The Hall–Kier alpha value is -3.00. The van der Waals surface area contributed by atoms with E-state index in [2.05, 4.69) is 5.32 Å². The van der Waals surface area contributed by atoms with Gasteiger partial charge >= 0.3 is 0 Å². The molecule has 2 rings (SSSR count). The zero-order valence-corrected chi connectivity index (χ0v) is 14.7. The Balaban J connectivity index is 2.01. The van der Waals surface area contributed by atoms with Gasteiger partial charge in [0.15, 0.2) is 6.61 Å². The van der Waals surface area contributed by atoms with Crippen LogP contribution in [0.2, 0.25) is 0 Å². The van der Waals surface area contributed by atoms with Gasteiger partial charge in [0.1, 0.15) is 17.6 Å². The SMILES string of the molecule is COc1ccc(C(NC(=O)COc2ccccc2C#N)C(C)C)cc1. The van der Waals surface area contributed by atoms with Gasteiger partial charge in [-0.05, 0) is 35.7 Å². The van der Waals surface area contributed by atoms with Crippen LogP contribution in [0.5, 0.6) is 11.5 Å². The van der Waals surface area contributed by atoms with E-state index in [4.69, 9.17) is 14.7 Å². The maximum atomic E-state index is 12.3. The lowest BCUT2D eigenvalue weighted by Gasteiger charge is -2.23. The monoisotopic (exact) mass is 338 g/mol. The molecule has 0 saturated heterocycles. The molecule has 1 unspecified atom stereocenters. The number of rotatable bonds is 7. The molecule has 0 aliphatic carbocycles. The number of amides is 1. The molecular weight excluding hydrogens is 316 g/mol. The van der Waals surface area contributed by atoms with Crippen molar-refractivity contribution in [1.82, 2.24) is 5.32 Å². The van der Waals surface area contributed by atoms with E-state index in [-0.39, 0.29) is 24.5 Å². The van der Waals surface area contributed by atoms with Gasteiger partial charge in [-0.2, -0.15) is 5.26 Å². The Kier molecular flexibility index (Phi) is 6.41. The summed E-state index contributed by atoms with van der Waals surface area (Å²) in [6.45, 7) is 3.94. The molecule has 5 nitrogen and oxygen atoms in total. The van der Waals surface area contributed by atoms with Gasteiger partial charge in [0.25, 0.3) is 5.91 Å². The van der Waals surface area contributed by atoms with Gasteiger partial charge < -0.3 is 14.8 Å². The fourth-order valence-electron chi connectivity index (χ4n) is 2.49. The summed E-state index contributed by atoms with van der Waals surface area (Å²) >= 11 is 0. The first kappa shape index (κ1) is 18.3. The van der Waals surface area contributed by atoms with Gasteiger partial charge in [-0.3, -0.25) is 4.79 Å². The van der Waals surface area contributed by atoms with Crippen LogP contribution in [-0.2, 0) is 4.79 Å². The topological polar surface area (TPSA) is 71.3 Å². The average molecular weight is 338 g/mol. The Morgan fingerprint density at radius 1 is 1.16 bits per heavy atom. The average Bonchev–Trinajstić information content (AvgIpc) is 2.64. The Labute approximate surface area is 148 Å². The molecule has 0 heterocycles. The highest BCUT2D eigenvalue weighted by molar-refractivity contribution is 5.78. The predicted octanol–water partition coefficient (Wildman–Crippen LogP) is 3.46. The first-order valence-corrected chi connectivity index (χ1v) is 8.10. The van der Waals surface area contributed by atoms with E-state index in [1.807, 2.05) is 44.2 Å². The van der Waals surface area contributed by atoms with Gasteiger partial charge in [0, 0.05) is 0 Å². The summed E-state index contributed by atoms with van der Waals surface area (Å²) in [7, 11) is 1.62. The molecule has 1 amide bonds. The van der Waals surface area contributed by atoms with Crippen LogP contribution < -0.4 is 14.8 Å². The molecule has 0 spiro atoms. The third kappa shape index (κ3) is 4.98. The van der Waals surface area contributed by atoms with Crippen LogP contribution in [0.3, 0.4) is 0 Å². The number of para-hydroxylation sites is 1. The summed E-state index contributed by atoms with van der Waals surface area (Å²) in [5, 5.41) is 12.0. The molecule has 0 aromatic heterocycles. The third-order valence-corrected chi connectivity index (χ3v) is 3.82. The highest BCUT2D eigenvalue weighted by Crippen LogP contribution is 2.24. The van der Waals surface area contributed by atoms with E-state index < -0.39 is 0 Å². The number of hydrogen-bond donors (Lipinski definition) is 1. The zero-order chi connectivity index (χ0) is 18.2. The van der Waals surface area contributed by atoms with Crippen LogP contribution in [0, 0.1) is 17.2 Å². The molecule has 1 atom stereocenters. The molecule has 0 saturated carbocycles. The Bertz CT molecular complexity index is 748. The lowest BCUT2D eigenvalue weighted by molar-refractivity contribution is -0.124.